The van der Waals surface area contributed by atoms with Crippen molar-refractivity contribution in [2.24, 2.45) is 28.7 Å². The minimum absolute atomic E-state index is 0.00685. The highest BCUT2D eigenvalue weighted by atomic mass is 16.5. The van der Waals surface area contributed by atoms with Gasteiger partial charge in [0.05, 0.1) is 19.6 Å². The second-order valence-corrected chi connectivity index (χ2v) is 28.0. The highest BCUT2D eigenvalue weighted by molar-refractivity contribution is 6.10. The Morgan fingerprint density at radius 3 is 1.69 bits per heavy atom. The Balaban J connectivity index is 1.07. The number of anilines is 1. The van der Waals surface area contributed by atoms with E-state index in [0.29, 0.717) is 44.9 Å². The van der Waals surface area contributed by atoms with Crippen LogP contribution in [0.4, 0.5) is 5.69 Å². The maximum atomic E-state index is 15.4. The number of likely N-dealkylation sites (tertiary alicyclic amines) is 1. The Bertz CT molecular complexity index is 4660. The van der Waals surface area contributed by atoms with E-state index in [1.807, 2.05) is 48.5 Å². The van der Waals surface area contributed by atoms with Crippen molar-refractivity contribution in [3.63, 3.8) is 0 Å². The van der Waals surface area contributed by atoms with Crippen LogP contribution in [0.2, 0.25) is 0 Å². The van der Waals surface area contributed by atoms with Crippen molar-refractivity contribution >= 4 is 93.6 Å². The highest BCUT2D eigenvalue weighted by Gasteiger charge is 2.41. The number of rotatable bonds is 42. The molecule has 612 valence electrons. The fourth-order valence-corrected chi connectivity index (χ4v) is 13.9. The number of carbonyl (C=O) groups is 11. The van der Waals surface area contributed by atoms with Crippen molar-refractivity contribution in [3.05, 3.63) is 167 Å². The number of nitrogens with zero attached hydrogens (tertiary/aromatic N) is 3. The number of primary amides is 3. The molecular weight excluding hydrogens is 1480 g/mol. The number of ether oxygens (including phenoxy) is 1. The van der Waals surface area contributed by atoms with Crippen LogP contribution in [0.1, 0.15) is 113 Å². The first-order valence-electron chi connectivity index (χ1n) is 38.4. The maximum absolute atomic E-state index is 15.4. The highest BCUT2D eigenvalue weighted by Crippen LogP contribution is 2.42. The van der Waals surface area contributed by atoms with Gasteiger partial charge in [-0.15, -0.1) is 0 Å². The van der Waals surface area contributed by atoms with Crippen molar-refractivity contribution in [3.8, 4) is 33.9 Å². The van der Waals surface area contributed by atoms with Crippen LogP contribution in [-0.2, 0) is 67.2 Å². The summed E-state index contributed by atoms with van der Waals surface area (Å²) in [6.45, 7) is 11.3. The summed E-state index contributed by atoms with van der Waals surface area (Å²) in [4.78, 5) is 161. The molecule has 5 aromatic carbocycles. The first-order chi connectivity index (χ1) is 55.1. The normalized spacial score (nSPS) is 14.2. The third kappa shape index (κ3) is 24.9. The molecule has 5 aromatic rings. The van der Waals surface area contributed by atoms with Gasteiger partial charge in [0.2, 0.25) is 64.4 Å². The molecule has 2 heterocycles. The number of guanidine groups is 2. The molecule has 33 heteroatoms. The van der Waals surface area contributed by atoms with Gasteiger partial charge >= 0.3 is 0 Å². The van der Waals surface area contributed by atoms with Crippen LogP contribution in [0.15, 0.2) is 144 Å². The van der Waals surface area contributed by atoms with Crippen molar-refractivity contribution in [2.75, 3.05) is 57.8 Å². The molecule has 1 fully saturated rings. The molecule has 0 aromatic heterocycles. The van der Waals surface area contributed by atoms with Gasteiger partial charge in [0, 0.05) is 98.3 Å². The van der Waals surface area contributed by atoms with Crippen LogP contribution >= 0.6 is 0 Å². The van der Waals surface area contributed by atoms with Crippen LogP contribution in [-0.4, -0.2) is 188 Å². The Hall–Kier alpha value is -13.1. The molecule has 0 radical (unpaired) electrons. The molecule has 2 aliphatic heterocycles. The molecule has 115 heavy (non-hydrogen) atoms. The number of nitrogens with one attached hydrogen (secondary N) is 11. The SMILES string of the molecule is CCN(CC)c1ccc2c(-c3ccccc3C(=O)N[C@H](Cc3ccc(OC)cc3)C(=O)N[C@@H](Cc3ccccc3)C(=O)N[C@@H](CCC(N)=O)C(=O)N[C@@H](CC(N)=O)C(=O)N[C@@H](CCCNC(=N)N)C(=O)N3CCC[C@H]3C(=O)N[C@@H](CCCNC(=N)N)C(=O)N[C@@H](Cc3ccc(O)cc3)C(N)=O)c3ccc(=[N+](CC)CC)cc-3oc2c1. The van der Waals surface area contributed by atoms with Gasteiger partial charge < -0.3 is 101 Å². The monoisotopic (exact) mass is 1580 g/mol. The Kier molecular flexibility index (Phi) is 32.3. The van der Waals surface area contributed by atoms with E-state index in [-0.39, 0.29) is 94.7 Å². The van der Waals surface area contributed by atoms with Gasteiger partial charge in [0.15, 0.2) is 11.9 Å². The van der Waals surface area contributed by atoms with E-state index in [4.69, 9.17) is 48.6 Å². The van der Waals surface area contributed by atoms with E-state index in [0.717, 1.165) is 48.2 Å². The number of nitrogens with two attached hydrogens (primary N) is 5. The quantitative estimate of drug-likeness (QED) is 0.00846. The standard InChI is InChI=1S/C82H105N19O14/c1-6-99(7-2)51-29-35-57-67(45-51)115-68-46-52(100(8-3)9-4)30-36-58(68)71(57)55-20-13-14-21-56(55)73(106)96-63(44-50-27-33-54(114-5)34-28-50)77(110)97-64(43-48-18-11-10-12-19-48)76(109)92-60(37-38-69(83)103)75(108)98-65(47-70(84)104)78(111)94-61(23-16-40-91-82(88)89)80(113)101-41-17-24-66(101)79(112)93-59(22-15-39-90-81(86)87)74(107)95-62(72(85)105)42-49-25-31-53(102)32-26-49/h10-14,18-21,25-36,45-46,59-66H,6-9,15-17,22-24,37-44,47H2,1-5H3,(H21-,83,84,85,86,87,88,89,90,91,92,93,94,95,96,97,98,102,103,104,105,106,107,108,109,110,111,112)/p+1/t59-,60-,61-,62-,63+,64-,65-,66-/m0/s1. The third-order valence-corrected chi connectivity index (χ3v) is 20.0. The summed E-state index contributed by atoms with van der Waals surface area (Å²) in [5.74, 6) is -9.84. The smallest absolute Gasteiger partial charge is 0.252 e. The van der Waals surface area contributed by atoms with Gasteiger partial charge in [0.1, 0.15) is 84.3 Å². The van der Waals surface area contributed by atoms with Crippen molar-refractivity contribution in [1.29, 1.82) is 10.8 Å². The van der Waals surface area contributed by atoms with Crippen molar-refractivity contribution < 1.29 is 67.0 Å². The number of benzene rings is 6. The maximum Gasteiger partial charge on any atom is 0.252 e. The number of methoxy groups -OCH3 is 1. The summed E-state index contributed by atoms with van der Waals surface area (Å²) in [5.41, 5.74) is 33.5. The zero-order valence-electron chi connectivity index (χ0n) is 65.3. The topological polar surface area (TPSA) is 526 Å². The number of amides is 11. The lowest BCUT2D eigenvalue weighted by Crippen LogP contribution is -2.61. The largest absolute Gasteiger partial charge is 0.508 e. The van der Waals surface area contributed by atoms with E-state index in [1.165, 1.54) is 36.3 Å². The van der Waals surface area contributed by atoms with Crippen LogP contribution < -0.4 is 96.1 Å². The lowest BCUT2D eigenvalue weighted by Gasteiger charge is -2.31. The number of fused-ring (bicyclic) bond motifs is 2. The van der Waals surface area contributed by atoms with E-state index in [9.17, 15) is 43.5 Å². The van der Waals surface area contributed by atoms with Crippen LogP contribution in [0.5, 0.6) is 11.5 Å². The number of carbonyl (C=O) groups excluding carboxylic acids is 11. The first-order valence-corrected chi connectivity index (χ1v) is 38.4. The minimum Gasteiger partial charge on any atom is -0.508 e. The summed E-state index contributed by atoms with van der Waals surface area (Å²) in [6, 6.07) is 28.2. The molecule has 33 nitrogen and oxygen atoms in total. The fraction of sp³-hybridized carbons (Fsp3) is 0.390. The van der Waals surface area contributed by atoms with Gasteiger partial charge in [-0.25, -0.2) is 4.58 Å². The van der Waals surface area contributed by atoms with E-state index < -0.39 is 139 Å². The summed E-state index contributed by atoms with van der Waals surface area (Å²) >= 11 is 0. The summed E-state index contributed by atoms with van der Waals surface area (Å²) in [7, 11) is 1.50. The molecule has 1 saturated heterocycles. The second-order valence-electron chi connectivity index (χ2n) is 28.0. The zero-order valence-corrected chi connectivity index (χ0v) is 65.3. The first kappa shape index (κ1) is 87.5. The second kappa shape index (κ2) is 42.5. The van der Waals surface area contributed by atoms with Gasteiger partial charge in [-0.05, 0) is 143 Å². The number of aromatic hydroxyl groups is 1. The average Bonchev–Trinajstić information content (AvgIpc) is 1.20. The zero-order chi connectivity index (χ0) is 83.4. The molecule has 22 N–H and O–H groups in total. The van der Waals surface area contributed by atoms with Crippen LogP contribution in [0.3, 0.4) is 0 Å². The number of hydrogen-bond donors (Lipinski definition) is 17. The molecular formula is C82H106N19O14+. The van der Waals surface area contributed by atoms with Gasteiger partial charge in [-0.1, -0.05) is 72.8 Å². The van der Waals surface area contributed by atoms with E-state index in [2.05, 4.69) is 85.0 Å². The molecule has 3 aliphatic rings. The van der Waals surface area contributed by atoms with Gasteiger partial charge in [-0.3, -0.25) is 63.6 Å². The number of phenols is 1. The van der Waals surface area contributed by atoms with Gasteiger partial charge in [0.25, 0.3) is 5.91 Å². The molecule has 1 aliphatic carbocycles. The number of phenolic OH excluding ortho intramolecular Hbond substituents is 1. The van der Waals surface area contributed by atoms with E-state index in [1.54, 1.807) is 66.7 Å². The van der Waals surface area contributed by atoms with Crippen LogP contribution in [0.25, 0.3) is 33.4 Å². The minimum atomic E-state index is -1.89. The Morgan fingerprint density at radius 1 is 0.565 bits per heavy atom. The molecule has 0 saturated carbocycles. The predicted molar refractivity (Wildman–Crippen MR) is 434 cm³/mol. The number of hydrogen-bond acceptors (Lipinski definition) is 17. The molecule has 8 rings (SSSR count). The summed E-state index contributed by atoms with van der Waals surface area (Å²) in [6.07, 6.45) is -2.06. The predicted octanol–water partition coefficient (Wildman–Crippen LogP) is 1.46. The lowest BCUT2D eigenvalue weighted by molar-refractivity contribution is -0.143. The molecule has 0 spiro atoms. The van der Waals surface area contributed by atoms with Crippen molar-refractivity contribution in [2.45, 2.75) is 153 Å². The van der Waals surface area contributed by atoms with E-state index >= 15 is 14.4 Å². The third-order valence-electron chi connectivity index (χ3n) is 20.0. The molecule has 0 unspecified atom stereocenters. The Morgan fingerprint density at radius 2 is 1.10 bits per heavy atom. The average molecular weight is 1580 g/mol. The summed E-state index contributed by atoms with van der Waals surface area (Å²) in [5, 5.41) is 50.9. The fourth-order valence-electron chi connectivity index (χ4n) is 13.9. The molecule has 11 amide bonds. The lowest BCUT2D eigenvalue weighted by atomic mass is 9.90. The molecule has 0 bridgehead atoms. The Labute approximate surface area is 666 Å². The van der Waals surface area contributed by atoms with Gasteiger partial charge in [-0.2, -0.15) is 0 Å². The van der Waals surface area contributed by atoms with Crippen molar-refractivity contribution in [1.82, 2.24) is 57.3 Å². The van der Waals surface area contributed by atoms with Crippen LogP contribution in [0, 0.1) is 10.8 Å². The molecule has 8 atom stereocenters. The summed E-state index contributed by atoms with van der Waals surface area (Å²) < 4.78 is 14.4.